The van der Waals surface area contributed by atoms with Crippen molar-refractivity contribution in [3.05, 3.63) is 29.8 Å². The Morgan fingerprint density at radius 3 is 2.09 bits per heavy atom. The lowest BCUT2D eigenvalue weighted by molar-refractivity contribution is -0.156. The molecule has 0 heterocycles. The third-order valence-corrected chi connectivity index (χ3v) is 5.76. The molecule has 126 valence electrons. The molecule has 0 radical (unpaired) electrons. The third-order valence-electron chi connectivity index (χ3n) is 4.63. The molecule has 0 saturated heterocycles. The van der Waals surface area contributed by atoms with Gasteiger partial charge in [-0.05, 0) is 37.5 Å². The van der Waals surface area contributed by atoms with E-state index in [-0.39, 0.29) is 16.8 Å². The van der Waals surface area contributed by atoms with E-state index in [2.05, 4.69) is 0 Å². The molecule has 2 rings (SSSR count). The fraction of sp³-hybridized carbons (Fsp3) is 0.500. The summed E-state index contributed by atoms with van der Waals surface area (Å²) in [6, 6.07) is 6.14. The van der Waals surface area contributed by atoms with Gasteiger partial charge in [0.25, 0.3) is 0 Å². The minimum atomic E-state index is -3.25. The zero-order chi connectivity index (χ0) is 17.4. The van der Waals surface area contributed by atoms with E-state index in [0.29, 0.717) is 12.8 Å². The van der Waals surface area contributed by atoms with Gasteiger partial charge in [0.2, 0.25) is 5.91 Å². The SMILES string of the molecule is CC(c1ccc(S(C)(=O)=O)cc1)N(C)C(=O)C1CCC1C(=O)O. The highest BCUT2D eigenvalue weighted by atomic mass is 32.2. The topological polar surface area (TPSA) is 91.8 Å². The quantitative estimate of drug-likeness (QED) is 0.882. The van der Waals surface area contributed by atoms with Crippen LogP contribution < -0.4 is 0 Å². The van der Waals surface area contributed by atoms with E-state index < -0.39 is 27.6 Å². The van der Waals surface area contributed by atoms with Gasteiger partial charge in [-0.3, -0.25) is 9.59 Å². The predicted molar refractivity (Wildman–Crippen MR) is 84.6 cm³/mol. The van der Waals surface area contributed by atoms with Crippen LogP contribution in [0.15, 0.2) is 29.2 Å². The number of hydrogen-bond donors (Lipinski definition) is 1. The summed E-state index contributed by atoms with van der Waals surface area (Å²) in [5.74, 6) is -2.16. The smallest absolute Gasteiger partial charge is 0.307 e. The van der Waals surface area contributed by atoms with E-state index in [9.17, 15) is 18.0 Å². The van der Waals surface area contributed by atoms with Gasteiger partial charge >= 0.3 is 5.97 Å². The van der Waals surface area contributed by atoms with E-state index >= 15 is 0 Å². The van der Waals surface area contributed by atoms with Crippen LogP contribution in [0.2, 0.25) is 0 Å². The molecule has 7 heteroatoms. The summed E-state index contributed by atoms with van der Waals surface area (Å²) >= 11 is 0. The summed E-state index contributed by atoms with van der Waals surface area (Å²) in [7, 11) is -1.61. The first-order valence-electron chi connectivity index (χ1n) is 7.42. The largest absolute Gasteiger partial charge is 0.481 e. The van der Waals surface area contributed by atoms with Crippen LogP contribution >= 0.6 is 0 Å². The predicted octanol–water partition coefficient (Wildman–Crippen LogP) is 1.72. The maximum Gasteiger partial charge on any atom is 0.307 e. The highest BCUT2D eigenvalue weighted by Gasteiger charge is 2.43. The first kappa shape index (κ1) is 17.5. The molecule has 3 atom stereocenters. The number of aliphatic carboxylic acids is 1. The molecule has 1 aromatic carbocycles. The van der Waals surface area contributed by atoms with E-state index in [0.717, 1.165) is 11.8 Å². The summed E-state index contributed by atoms with van der Waals surface area (Å²) in [5, 5.41) is 9.07. The minimum Gasteiger partial charge on any atom is -0.481 e. The summed E-state index contributed by atoms with van der Waals surface area (Å²) in [6.45, 7) is 1.84. The first-order chi connectivity index (χ1) is 10.6. The van der Waals surface area contributed by atoms with Crippen molar-refractivity contribution >= 4 is 21.7 Å². The van der Waals surface area contributed by atoms with Crippen LogP contribution in [0.1, 0.15) is 31.4 Å². The molecule has 23 heavy (non-hydrogen) atoms. The van der Waals surface area contributed by atoms with E-state index in [4.69, 9.17) is 5.11 Å². The van der Waals surface area contributed by atoms with Crippen LogP contribution in [-0.2, 0) is 19.4 Å². The Bertz CT molecular complexity index is 710. The van der Waals surface area contributed by atoms with Gasteiger partial charge in [-0.15, -0.1) is 0 Å². The zero-order valence-electron chi connectivity index (χ0n) is 13.4. The number of benzene rings is 1. The van der Waals surface area contributed by atoms with Crippen molar-refractivity contribution in [2.75, 3.05) is 13.3 Å². The number of sulfone groups is 1. The van der Waals surface area contributed by atoms with E-state index in [1.54, 1.807) is 19.2 Å². The van der Waals surface area contributed by atoms with Gasteiger partial charge in [-0.25, -0.2) is 8.42 Å². The lowest BCUT2D eigenvalue weighted by atomic mass is 9.72. The van der Waals surface area contributed by atoms with Crippen molar-refractivity contribution in [2.45, 2.75) is 30.7 Å². The molecule has 1 amide bonds. The summed E-state index contributed by atoms with van der Waals surface area (Å²) < 4.78 is 22.9. The van der Waals surface area contributed by atoms with Gasteiger partial charge in [0.1, 0.15) is 0 Å². The Labute approximate surface area is 136 Å². The van der Waals surface area contributed by atoms with Gasteiger partial charge < -0.3 is 10.0 Å². The molecular formula is C16H21NO5S. The van der Waals surface area contributed by atoms with Gasteiger partial charge in [-0.2, -0.15) is 0 Å². The second kappa shape index (κ2) is 6.31. The minimum absolute atomic E-state index is 0.177. The maximum atomic E-state index is 12.4. The molecule has 0 aliphatic heterocycles. The number of carboxylic acid groups (broad SMARTS) is 1. The molecular weight excluding hydrogens is 318 g/mol. The van der Waals surface area contributed by atoms with Crippen molar-refractivity contribution in [1.82, 2.24) is 4.90 Å². The summed E-state index contributed by atoms with van der Waals surface area (Å²) in [6.07, 6.45) is 2.28. The molecule has 1 aliphatic carbocycles. The van der Waals surface area contributed by atoms with Crippen LogP contribution in [0.5, 0.6) is 0 Å². The lowest BCUT2D eigenvalue weighted by Crippen LogP contribution is -2.45. The number of hydrogen-bond acceptors (Lipinski definition) is 4. The Morgan fingerprint density at radius 1 is 1.17 bits per heavy atom. The van der Waals surface area contributed by atoms with Gasteiger partial charge in [0.05, 0.1) is 22.8 Å². The molecule has 1 N–H and O–H groups in total. The number of carboxylic acids is 1. The average molecular weight is 339 g/mol. The lowest BCUT2D eigenvalue weighted by Gasteiger charge is -2.37. The Balaban J connectivity index is 2.12. The molecule has 0 bridgehead atoms. The van der Waals surface area contributed by atoms with Crippen molar-refractivity contribution in [1.29, 1.82) is 0 Å². The molecule has 1 aliphatic rings. The number of nitrogens with zero attached hydrogens (tertiary/aromatic N) is 1. The zero-order valence-corrected chi connectivity index (χ0v) is 14.2. The Kier molecular flexibility index (Phi) is 4.79. The van der Waals surface area contributed by atoms with Crippen molar-refractivity contribution in [3.8, 4) is 0 Å². The van der Waals surface area contributed by atoms with Crippen LogP contribution in [0, 0.1) is 11.8 Å². The second-order valence-corrected chi connectivity index (χ2v) is 8.11. The standard InChI is InChI=1S/C16H21NO5S/c1-10(11-4-6-12(7-5-11)23(3,21)22)17(2)15(18)13-8-9-14(13)16(19)20/h4-7,10,13-14H,8-9H2,1-3H3,(H,19,20). The van der Waals surface area contributed by atoms with E-state index in [1.807, 2.05) is 6.92 Å². The first-order valence-corrected chi connectivity index (χ1v) is 9.31. The molecule has 0 aromatic heterocycles. The van der Waals surface area contributed by atoms with Crippen LogP contribution in [0.25, 0.3) is 0 Å². The van der Waals surface area contributed by atoms with Gasteiger partial charge in [0.15, 0.2) is 9.84 Å². The molecule has 0 spiro atoms. The van der Waals surface area contributed by atoms with Crippen molar-refractivity contribution in [3.63, 3.8) is 0 Å². The van der Waals surface area contributed by atoms with E-state index in [1.165, 1.54) is 17.0 Å². The van der Waals surface area contributed by atoms with Crippen molar-refractivity contribution < 1.29 is 23.1 Å². The highest BCUT2D eigenvalue weighted by Crippen LogP contribution is 2.37. The molecule has 3 unspecified atom stereocenters. The normalized spacial score (nSPS) is 22.0. The van der Waals surface area contributed by atoms with Gasteiger partial charge in [0, 0.05) is 13.3 Å². The summed E-state index contributed by atoms with van der Waals surface area (Å²) in [5.41, 5.74) is 0.805. The number of carbonyl (C=O) groups excluding carboxylic acids is 1. The van der Waals surface area contributed by atoms with Crippen molar-refractivity contribution in [2.24, 2.45) is 11.8 Å². The molecule has 6 nitrogen and oxygen atoms in total. The molecule has 1 fully saturated rings. The Hall–Kier alpha value is -1.89. The second-order valence-electron chi connectivity index (χ2n) is 6.09. The number of amides is 1. The van der Waals surface area contributed by atoms with Crippen LogP contribution in [0.4, 0.5) is 0 Å². The number of rotatable bonds is 5. The average Bonchev–Trinajstić information content (AvgIpc) is 2.43. The fourth-order valence-corrected chi connectivity index (χ4v) is 3.39. The Morgan fingerprint density at radius 2 is 1.70 bits per heavy atom. The summed E-state index contributed by atoms with van der Waals surface area (Å²) in [4.78, 5) is 25.3. The molecule has 1 aromatic rings. The van der Waals surface area contributed by atoms with Gasteiger partial charge in [-0.1, -0.05) is 12.1 Å². The maximum absolute atomic E-state index is 12.4. The number of carbonyl (C=O) groups is 2. The monoisotopic (exact) mass is 339 g/mol. The van der Waals surface area contributed by atoms with Crippen LogP contribution in [-0.4, -0.2) is 43.6 Å². The highest BCUT2D eigenvalue weighted by molar-refractivity contribution is 7.90. The fourth-order valence-electron chi connectivity index (χ4n) is 2.76. The van der Waals surface area contributed by atoms with Crippen LogP contribution in [0.3, 0.4) is 0 Å². The third kappa shape index (κ3) is 3.55. The molecule has 1 saturated carbocycles.